The maximum atomic E-state index is 12.8. The Morgan fingerprint density at radius 1 is 1.04 bits per heavy atom. The van der Waals surface area contributed by atoms with E-state index in [2.05, 4.69) is 5.32 Å². The van der Waals surface area contributed by atoms with Gasteiger partial charge < -0.3 is 14.6 Å². The Morgan fingerprint density at radius 2 is 1.74 bits per heavy atom. The first-order chi connectivity index (χ1) is 12.8. The molecule has 3 rings (SSSR count). The Bertz CT molecular complexity index is 1020. The van der Waals surface area contributed by atoms with E-state index < -0.39 is 6.04 Å². The van der Waals surface area contributed by atoms with Gasteiger partial charge in [0.05, 0.1) is 6.10 Å². The van der Waals surface area contributed by atoms with Crippen LogP contribution < -0.4 is 15.6 Å². The number of hydrogen-bond acceptors (Lipinski definition) is 3. The smallest absolute Gasteiger partial charge is 0.259 e. The summed E-state index contributed by atoms with van der Waals surface area (Å²) in [5.41, 5.74) is 1.63. The summed E-state index contributed by atoms with van der Waals surface area (Å²) in [6, 6.07) is 14.1. The average Bonchev–Trinajstić information content (AvgIpc) is 2.63. The van der Waals surface area contributed by atoms with Gasteiger partial charge in [-0.3, -0.25) is 9.59 Å². The Morgan fingerprint density at radius 3 is 2.41 bits per heavy atom. The monoisotopic (exact) mass is 364 g/mol. The van der Waals surface area contributed by atoms with Gasteiger partial charge in [-0.05, 0) is 69.5 Å². The molecule has 3 aromatic rings. The van der Waals surface area contributed by atoms with Crippen LogP contribution >= 0.6 is 0 Å². The van der Waals surface area contributed by atoms with Gasteiger partial charge in [0, 0.05) is 17.3 Å². The van der Waals surface area contributed by atoms with E-state index in [0.29, 0.717) is 11.1 Å². The summed E-state index contributed by atoms with van der Waals surface area (Å²) >= 11 is 0. The van der Waals surface area contributed by atoms with Crippen molar-refractivity contribution >= 4 is 22.4 Å². The van der Waals surface area contributed by atoms with E-state index in [9.17, 15) is 9.59 Å². The minimum atomic E-state index is -0.630. The Kier molecular flexibility index (Phi) is 5.31. The molecule has 27 heavy (non-hydrogen) atoms. The van der Waals surface area contributed by atoms with Gasteiger partial charge in [0.1, 0.15) is 11.8 Å². The van der Waals surface area contributed by atoms with Crippen molar-refractivity contribution in [1.29, 1.82) is 0 Å². The Balaban J connectivity index is 1.86. The molecule has 0 aliphatic heterocycles. The lowest BCUT2D eigenvalue weighted by Gasteiger charge is -2.16. The zero-order chi connectivity index (χ0) is 19.6. The third-order valence-electron chi connectivity index (χ3n) is 4.39. The highest BCUT2D eigenvalue weighted by atomic mass is 16.5. The van der Waals surface area contributed by atoms with Crippen LogP contribution in [0.15, 0.2) is 59.5 Å². The fourth-order valence-corrected chi connectivity index (χ4v) is 2.90. The lowest BCUT2D eigenvalue weighted by molar-refractivity contribution is -0.118. The number of rotatable bonds is 5. The van der Waals surface area contributed by atoms with E-state index in [1.807, 2.05) is 57.2 Å². The lowest BCUT2D eigenvalue weighted by Crippen LogP contribution is -2.31. The topological polar surface area (TPSA) is 60.3 Å². The van der Waals surface area contributed by atoms with Crippen LogP contribution in [0.5, 0.6) is 5.75 Å². The third-order valence-corrected chi connectivity index (χ3v) is 4.39. The third kappa shape index (κ3) is 4.19. The first-order valence-corrected chi connectivity index (χ1v) is 9.04. The van der Waals surface area contributed by atoms with Gasteiger partial charge in [0.25, 0.3) is 5.56 Å². The van der Waals surface area contributed by atoms with Gasteiger partial charge in [-0.1, -0.05) is 17.7 Å². The summed E-state index contributed by atoms with van der Waals surface area (Å²) in [7, 11) is 0. The number of amides is 1. The standard InChI is InChI=1S/C22H24N2O3/c1-14(2)27-19-9-10-20-17(13-19)11-12-24(22(20)26)16(4)21(25)23-18-7-5-15(3)6-8-18/h5-14,16H,1-4H3,(H,23,25). The summed E-state index contributed by atoms with van der Waals surface area (Å²) in [6.07, 6.45) is 1.72. The zero-order valence-electron chi connectivity index (χ0n) is 16.0. The normalized spacial score (nSPS) is 12.2. The summed E-state index contributed by atoms with van der Waals surface area (Å²) in [6.45, 7) is 7.61. The van der Waals surface area contributed by atoms with Crippen LogP contribution in [0.25, 0.3) is 10.8 Å². The Labute approximate surface area is 158 Å². The van der Waals surface area contributed by atoms with Gasteiger partial charge >= 0.3 is 0 Å². The van der Waals surface area contributed by atoms with E-state index in [-0.39, 0.29) is 17.6 Å². The molecule has 2 aromatic carbocycles. The van der Waals surface area contributed by atoms with Gasteiger partial charge in [-0.25, -0.2) is 0 Å². The molecular weight excluding hydrogens is 340 g/mol. The SMILES string of the molecule is Cc1ccc(NC(=O)C(C)n2ccc3cc(OC(C)C)ccc3c2=O)cc1. The number of hydrogen-bond donors (Lipinski definition) is 1. The molecule has 5 nitrogen and oxygen atoms in total. The molecule has 1 heterocycles. The second-order valence-corrected chi connectivity index (χ2v) is 6.98. The van der Waals surface area contributed by atoms with Crippen LogP contribution in [0.4, 0.5) is 5.69 Å². The number of carbonyl (C=O) groups excluding carboxylic acids is 1. The van der Waals surface area contributed by atoms with E-state index in [1.165, 1.54) is 4.57 Å². The molecule has 0 aliphatic carbocycles. The number of fused-ring (bicyclic) bond motifs is 1. The second-order valence-electron chi connectivity index (χ2n) is 6.98. The van der Waals surface area contributed by atoms with Crippen LogP contribution in [0.2, 0.25) is 0 Å². The Hall–Kier alpha value is -3.08. The zero-order valence-corrected chi connectivity index (χ0v) is 16.0. The van der Waals surface area contributed by atoms with Crippen molar-refractivity contribution in [3.63, 3.8) is 0 Å². The fraction of sp³-hybridized carbons (Fsp3) is 0.273. The number of aromatic nitrogens is 1. The largest absolute Gasteiger partial charge is 0.491 e. The highest BCUT2D eigenvalue weighted by Gasteiger charge is 2.17. The summed E-state index contributed by atoms with van der Waals surface area (Å²) in [5, 5.41) is 4.21. The molecule has 0 saturated carbocycles. The molecule has 0 aliphatic rings. The van der Waals surface area contributed by atoms with Crippen molar-refractivity contribution < 1.29 is 9.53 Å². The van der Waals surface area contributed by atoms with E-state index in [1.54, 1.807) is 25.3 Å². The van der Waals surface area contributed by atoms with Crippen molar-refractivity contribution in [2.24, 2.45) is 0 Å². The van der Waals surface area contributed by atoms with E-state index in [0.717, 1.165) is 16.7 Å². The fourth-order valence-electron chi connectivity index (χ4n) is 2.90. The highest BCUT2D eigenvalue weighted by molar-refractivity contribution is 5.93. The molecule has 0 fully saturated rings. The van der Waals surface area contributed by atoms with Crippen LogP contribution in [0, 0.1) is 6.92 Å². The number of aryl methyl sites for hydroxylation is 1. The van der Waals surface area contributed by atoms with Gasteiger partial charge in [0.2, 0.25) is 5.91 Å². The molecule has 1 amide bonds. The summed E-state index contributed by atoms with van der Waals surface area (Å²) in [4.78, 5) is 25.4. The van der Waals surface area contributed by atoms with E-state index in [4.69, 9.17) is 4.74 Å². The number of carbonyl (C=O) groups is 1. The van der Waals surface area contributed by atoms with Crippen molar-refractivity contribution in [3.05, 3.63) is 70.6 Å². The van der Waals surface area contributed by atoms with Crippen LogP contribution in [-0.2, 0) is 4.79 Å². The molecule has 1 unspecified atom stereocenters. The van der Waals surface area contributed by atoms with Crippen LogP contribution in [0.1, 0.15) is 32.4 Å². The number of anilines is 1. The molecular formula is C22H24N2O3. The second kappa shape index (κ2) is 7.66. The lowest BCUT2D eigenvalue weighted by atomic mass is 10.1. The molecule has 0 bridgehead atoms. The molecule has 5 heteroatoms. The van der Waals surface area contributed by atoms with Crippen molar-refractivity contribution in [2.45, 2.75) is 39.8 Å². The minimum absolute atomic E-state index is 0.0633. The highest BCUT2D eigenvalue weighted by Crippen LogP contribution is 2.20. The maximum Gasteiger partial charge on any atom is 0.259 e. The average molecular weight is 364 g/mol. The molecule has 0 spiro atoms. The number of benzene rings is 2. The number of ether oxygens (including phenoxy) is 1. The number of pyridine rings is 1. The van der Waals surface area contributed by atoms with Gasteiger partial charge in [-0.15, -0.1) is 0 Å². The molecule has 1 atom stereocenters. The van der Waals surface area contributed by atoms with Crippen LogP contribution in [0.3, 0.4) is 0 Å². The van der Waals surface area contributed by atoms with Crippen molar-refractivity contribution in [3.8, 4) is 5.75 Å². The predicted molar refractivity (Wildman–Crippen MR) is 108 cm³/mol. The number of nitrogens with one attached hydrogen (secondary N) is 1. The minimum Gasteiger partial charge on any atom is -0.491 e. The molecule has 1 aromatic heterocycles. The molecule has 1 N–H and O–H groups in total. The number of nitrogens with zero attached hydrogens (tertiary/aromatic N) is 1. The van der Waals surface area contributed by atoms with Crippen LogP contribution in [-0.4, -0.2) is 16.6 Å². The van der Waals surface area contributed by atoms with Crippen molar-refractivity contribution in [2.75, 3.05) is 5.32 Å². The predicted octanol–water partition coefficient (Wildman–Crippen LogP) is 4.30. The summed E-state index contributed by atoms with van der Waals surface area (Å²) < 4.78 is 7.13. The maximum absolute atomic E-state index is 12.8. The van der Waals surface area contributed by atoms with Gasteiger partial charge in [-0.2, -0.15) is 0 Å². The molecule has 140 valence electrons. The van der Waals surface area contributed by atoms with E-state index >= 15 is 0 Å². The quantitative estimate of drug-likeness (QED) is 0.734. The first-order valence-electron chi connectivity index (χ1n) is 9.04. The molecule has 0 radical (unpaired) electrons. The van der Waals surface area contributed by atoms with Gasteiger partial charge in [0.15, 0.2) is 0 Å². The van der Waals surface area contributed by atoms with Crippen molar-refractivity contribution in [1.82, 2.24) is 4.57 Å². The first kappa shape index (κ1) is 18.7. The summed E-state index contributed by atoms with van der Waals surface area (Å²) in [5.74, 6) is 0.486. The molecule has 0 saturated heterocycles.